The molecule has 1 amide bonds. The summed E-state index contributed by atoms with van der Waals surface area (Å²) in [6.07, 6.45) is 0. The summed E-state index contributed by atoms with van der Waals surface area (Å²) >= 11 is 3.05. The lowest BCUT2D eigenvalue weighted by Crippen LogP contribution is -2.21. The normalized spacial score (nSPS) is 10.5. The van der Waals surface area contributed by atoms with Crippen LogP contribution in [-0.2, 0) is 0 Å². The number of nitrogens with one attached hydrogen (secondary N) is 1. The number of nitrogens with two attached hydrogens (primary N) is 1. The Morgan fingerprint density at radius 3 is 2.82 bits per heavy atom. The van der Waals surface area contributed by atoms with Gasteiger partial charge in [-0.3, -0.25) is 4.79 Å². The first-order chi connectivity index (χ1) is 8.04. The third kappa shape index (κ3) is 1.93. The van der Waals surface area contributed by atoms with Gasteiger partial charge in [0.2, 0.25) is 0 Å². The number of halogens is 2. The number of nitrogens with zero attached hydrogens (tertiary/aromatic N) is 2. The van der Waals surface area contributed by atoms with Gasteiger partial charge in [0.25, 0.3) is 5.91 Å². The SMILES string of the molecule is CNC(=O)c1nnc2cc(F)c(Br)cc2c1N. The van der Waals surface area contributed by atoms with Crippen LogP contribution in [0, 0.1) is 5.82 Å². The number of hydrogen-bond donors (Lipinski definition) is 2. The minimum atomic E-state index is -0.459. The lowest BCUT2D eigenvalue weighted by atomic mass is 10.1. The second-order valence-electron chi connectivity index (χ2n) is 3.32. The Kier molecular flexibility index (Phi) is 2.93. The molecule has 2 rings (SSSR count). The molecule has 5 nitrogen and oxygen atoms in total. The summed E-state index contributed by atoms with van der Waals surface area (Å²) in [5.41, 5.74) is 6.31. The molecule has 0 unspecified atom stereocenters. The van der Waals surface area contributed by atoms with Crippen LogP contribution < -0.4 is 11.1 Å². The van der Waals surface area contributed by atoms with E-state index in [-0.39, 0.29) is 15.9 Å². The average molecular weight is 299 g/mol. The zero-order valence-corrected chi connectivity index (χ0v) is 10.4. The Balaban J connectivity index is 2.75. The van der Waals surface area contributed by atoms with E-state index < -0.39 is 11.7 Å². The quantitative estimate of drug-likeness (QED) is 0.835. The number of anilines is 1. The van der Waals surface area contributed by atoms with E-state index in [1.54, 1.807) is 0 Å². The molecule has 0 radical (unpaired) electrons. The van der Waals surface area contributed by atoms with Gasteiger partial charge in [-0.25, -0.2) is 4.39 Å². The van der Waals surface area contributed by atoms with Crippen molar-refractivity contribution in [3.05, 3.63) is 28.1 Å². The van der Waals surface area contributed by atoms with Crippen LogP contribution in [0.5, 0.6) is 0 Å². The van der Waals surface area contributed by atoms with Gasteiger partial charge in [0, 0.05) is 18.5 Å². The number of fused-ring (bicyclic) bond motifs is 1. The summed E-state index contributed by atoms with van der Waals surface area (Å²) in [5, 5.41) is 10.3. The predicted octanol–water partition coefficient (Wildman–Crippen LogP) is 1.47. The Morgan fingerprint density at radius 2 is 2.18 bits per heavy atom. The van der Waals surface area contributed by atoms with E-state index in [0.717, 1.165) is 0 Å². The standard InChI is InChI=1S/C10H8BrFN4O/c1-14-10(17)9-8(13)4-2-5(11)6(12)3-7(4)15-16-9/h2-3H,1H3,(H2,13,15)(H,14,17). The zero-order chi connectivity index (χ0) is 12.6. The van der Waals surface area contributed by atoms with Crippen LogP contribution in [0.15, 0.2) is 16.6 Å². The summed E-state index contributed by atoms with van der Waals surface area (Å²) in [6.45, 7) is 0. The smallest absolute Gasteiger partial charge is 0.273 e. The fraction of sp³-hybridized carbons (Fsp3) is 0.100. The van der Waals surface area contributed by atoms with E-state index in [4.69, 9.17) is 5.73 Å². The van der Waals surface area contributed by atoms with Crippen LogP contribution in [0.25, 0.3) is 10.9 Å². The van der Waals surface area contributed by atoms with Gasteiger partial charge in [0.05, 0.1) is 15.7 Å². The number of amides is 1. The van der Waals surface area contributed by atoms with E-state index in [0.29, 0.717) is 10.9 Å². The zero-order valence-electron chi connectivity index (χ0n) is 8.79. The maximum atomic E-state index is 13.3. The maximum Gasteiger partial charge on any atom is 0.273 e. The molecule has 17 heavy (non-hydrogen) atoms. The second kappa shape index (κ2) is 4.25. The molecule has 0 aliphatic carbocycles. The number of hydrogen-bond acceptors (Lipinski definition) is 4. The van der Waals surface area contributed by atoms with Crippen molar-refractivity contribution in [2.24, 2.45) is 0 Å². The van der Waals surface area contributed by atoms with Gasteiger partial charge in [0.1, 0.15) is 5.82 Å². The topological polar surface area (TPSA) is 80.9 Å². The van der Waals surface area contributed by atoms with Gasteiger partial charge in [-0.1, -0.05) is 0 Å². The van der Waals surface area contributed by atoms with E-state index >= 15 is 0 Å². The minimum Gasteiger partial charge on any atom is -0.396 e. The first-order valence-corrected chi connectivity index (χ1v) is 5.47. The molecule has 0 saturated heterocycles. The number of nitrogen functional groups attached to an aromatic ring is 1. The molecule has 0 aliphatic heterocycles. The number of rotatable bonds is 1. The highest BCUT2D eigenvalue weighted by molar-refractivity contribution is 9.10. The highest BCUT2D eigenvalue weighted by atomic mass is 79.9. The molecule has 0 fully saturated rings. The molecular formula is C10H8BrFN4O. The largest absolute Gasteiger partial charge is 0.396 e. The van der Waals surface area contributed by atoms with Crippen LogP contribution in [0.2, 0.25) is 0 Å². The third-order valence-corrected chi connectivity index (χ3v) is 2.89. The van der Waals surface area contributed by atoms with Gasteiger partial charge in [0.15, 0.2) is 5.69 Å². The second-order valence-corrected chi connectivity index (χ2v) is 4.18. The van der Waals surface area contributed by atoms with E-state index in [1.807, 2.05) is 0 Å². The molecule has 88 valence electrons. The lowest BCUT2D eigenvalue weighted by Gasteiger charge is -2.06. The Hall–Kier alpha value is -1.76. The van der Waals surface area contributed by atoms with Crippen molar-refractivity contribution >= 4 is 38.4 Å². The lowest BCUT2D eigenvalue weighted by molar-refractivity contribution is 0.0958. The predicted molar refractivity (Wildman–Crippen MR) is 65.0 cm³/mol. The molecule has 0 atom stereocenters. The van der Waals surface area contributed by atoms with Crippen molar-refractivity contribution in [2.75, 3.05) is 12.8 Å². The highest BCUT2D eigenvalue weighted by Crippen LogP contribution is 2.27. The van der Waals surface area contributed by atoms with Crippen LogP contribution in [0.1, 0.15) is 10.5 Å². The molecule has 0 spiro atoms. The van der Waals surface area contributed by atoms with Gasteiger partial charge >= 0.3 is 0 Å². The van der Waals surface area contributed by atoms with Crippen LogP contribution in [0.3, 0.4) is 0 Å². The maximum absolute atomic E-state index is 13.3. The monoisotopic (exact) mass is 298 g/mol. The van der Waals surface area contributed by atoms with Crippen molar-refractivity contribution < 1.29 is 9.18 Å². The van der Waals surface area contributed by atoms with Gasteiger partial charge in [-0.15, -0.1) is 10.2 Å². The summed E-state index contributed by atoms with van der Waals surface area (Å²) in [4.78, 5) is 11.5. The average Bonchev–Trinajstić information content (AvgIpc) is 2.31. The van der Waals surface area contributed by atoms with Crippen LogP contribution in [0.4, 0.5) is 10.1 Å². The van der Waals surface area contributed by atoms with Gasteiger partial charge in [-0.2, -0.15) is 0 Å². The molecular weight excluding hydrogens is 291 g/mol. The van der Waals surface area contributed by atoms with E-state index in [2.05, 4.69) is 31.4 Å². The van der Waals surface area contributed by atoms with Crippen LogP contribution >= 0.6 is 15.9 Å². The number of carbonyl (C=O) groups is 1. The Bertz CT molecular complexity index is 617. The van der Waals surface area contributed by atoms with Crippen molar-refractivity contribution in [2.45, 2.75) is 0 Å². The summed E-state index contributed by atoms with van der Waals surface area (Å²) in [6, 6.07) is 2.68. The van der Waals surface area contributed by atoms with Crippen molar-refractivity contribution in [3.63, 3.8) is 0 Å². The first-order valence-electron chi connectivity index (χ1n) is 4.67. The summed E-state index contributed by atoms with van der Waals surface area (Å²) in [7, 11) is 1.47. The van der Waals surface area contributed by atoms with Crippen LogP contribution in [-0.4, -0.2) is 23.2 Å². The highest BCUT2D eigenvalue weighted by Gasteiger charge is 2.15. The summed E-state index contributed by atoms with van der Waals surface area (Å²) < 4.78 is 13.5. The number of benzene rings is 1. The van der Waals surface area contributed by atoms with E-state index in [1.165, 1.54) is 19.2 Å². The third-order valence-electron chi connectivity index (χ3n) is 2.28. The first kappa shape index (κ1) is 11.7. The molecule has 0 aliphatic rings. The fourth-order valence-electron chi connectivity index (χ4n) is 1.41. The summed E-state index contributed by atoms with van der Waals surface area (Å²) in [5.74, 6) is -0.892. The molecule has 2 aromatic rings. The Labute approximate surface area is 104 Å². The minimum absolute atomic E-state index is 0.0264. The molecule has 7 heteroatoms. The number of aromatic nitrogens is 2. The van der Waals surface area contributed by atoms with Crippen molar-refractivity contribution in [1.82, 2.24) is 15.5 Å². The fourth-order valence-corrected chi connectivity index (χ4v) is 1.75. The molecule has 0 saturated carbocycles. The van der Waals surface area contributed by atoms with Gasteiger partial charge in [-0.05, 0) is 22.0 Å². The van der Waals surface area contributed by atoms with Crippen molar-refractivity contribution in [1.29, 1.82) is 0 Å². The molecule has 3 N–H and O–H groups in total. The number of carbonyl (C=O) groups excluding carboxylic acids is 1. The van der Waals surface area contributed by atoms with Gasteiger partial charge < -0.3 is 11.1 Å². The molecule has 1 aromatic heterocycles. The Morgan fingerprint density at radius 1 is 1.47 bits per heavy atom. The molecule has 1 heterocycles. The molecule has 0 bridgehead atoms. The molecule has 1 aromatic carbocycles. The van der Waals surface area contributed by atoms with Crippen molar-refractivity contribution in [3.8, 4) is 0 Å². The van der Waals surface area contributed by atoms with E-state index in [9.17, 15) is 9.18 Å².